The zero-order chi connectivity index (χ0) is 28.2. The molecule has 41 heavy (non-hydrogen) atoms. The zero-order valence-electron chi connectivity index (χ0n) is 23.1. The van der Waals surface area contributed by atoms with Gasteiger partial charge in [-0.1, -0.05) is 36.4 Å². The SMILES string of the molecule is O=C1NCc2ccc(OC[C@H]3CCN(c4ccccc4)CC[C@@H]3c3ccc(OCCN4C(=O)CCC4=O)cc3)cc21. The maximum absolute atomic E-state index is 12.2. The van der Waals surface area contributed by atoms with Crippen LogP contribution in [0, 0.1) is 5.92 Å². The molecule has 3 amide bonds. The van der Waals surface area contributed by atoms with E-state index in [0.29, 0.717) is 31.6 Å². The Morgan fingerprint density at radius 1 is 0.805 bits per heavy atom. The summed E-state index contributed by atoms with van der Waals surface area (Å²) in [5.41, 5.74) is 4.17. The van der Waals surface area contributed by atoms with Crippen LogP contribution in [0.15, 0.2) is 72.8 Å². The van der Waals surface area contributed by atoms with Crippen molar-refractivity contribution in [1.82, 2.24) is 10.2 Å². The van der Waals surface area contributed by atoms with Crippen molar-refractivity contribution in [3.63, 3.8) is 0 Å². The third kappa shape index (κ3) is 6.06. The van der Waals surface area contributed by atoms with Crippen LogP contribution in [0.3, 0.4) is 0 Å². The second-order valence-corrected chi connectivity index (χ2v) is 10.9. The third-order valence-electron chi connectivity index (χ3n) is 8.45. The zero-order valence-corrected chi connectivity index (χ0v) is 23.1. The van der Waals surface area contributed by atoms with Gasteiger partial charge in [0, 0.05) is 49.6 Å². The number of fused-ring (bicyclic) bond motifs is 1. The fourth-order valence-corrected chi connectivity index (χ4v) is 6.12. The highest BCUT2D eigenvalue weighted by Crippen LogP contribution is 2.36. The minimum atomic E-state index is -0.122. The van der Waals surface area contributed by atoms with Gasteiger partial charge in [-0.05, 0) is 66.3 Å². The van der Waals surface area contributed by atoms with Crippen LogP contribution >= 0.6 is 0 Å². The van der Waals surface area contributed by atoms with Crippen molar-refractivity contribution in [2.75, 3.05) is 37.7 Å². The Hall–Kier alpha value is -4.33. The highest BCUT2D eigenvalue weighted by atomic mass is 16.5. The van der Waals surface area contributed by atoms with Crippen LogP contribution in [0.2, 0.25) is 0 Å². The highest BCUT2D eigenvalue weighted by Gasteiger charge is 2.30. The molecule has 3 aliphatic heterocycles. The summed E-state index contributed by atoms with van der Waals surface area (Å²) in [4.78, 5) is 39.6. The van der Waals surface area contributed by atoms with Gasteiger partial charge in [0.15, 0.2) is 0 Å². The summed E-state index contributed by atoms with van der Waals surface area (Å²) < 4.78 is 12.2. The largest absolute Gasteiger partial charge is 0.493 e. The van der Waals surface area contributed by atoms with Crippen molar-refractivity contribution >= 4 is 23.4 Å². The molecule has 2 fully saturated rings. The summed E-state index contributed by atoms with van der Waals surface area (Å²) in [5.74, 6) is 1.72. The van der Waals surface area contributed by atoms with Crippen molar-refractivity contribution in [2.45, 2.75) is 38.1 Å². The molecule has 0 spiro atoms. The normalized spacial score (nSPS) is 20.5. The van der Waals surface area contributed by atoms with Crippen LogP contribution in [0.1, 0.15) is 53.1 Å². The van der Waals surface area contributed by atoms with Crippen LogP contribution in [0.4, 0.5) is 5.69 Å². The number of carbonyl (C=O) groups excluding carboxylic acids is 3. The van der Waals surface area contributed by atoms with Crippen molar-refractivity contribution in [3.8, 4) is 11.5 Å². The lowest BCUT2D eigenvalue weighted by Crippen LogP contribution is -2.33. The summed E-state index contributed by atoms with van der Waals surface area (Å²) in [6.07, 6.45) is 2.54. The molecule has 0 saturated carbocycles. The van der Waals surface area contributed by atoms with Gasteiger partial charge < -0.3 is 19.7 Å². The van der Waals surface area contributed by atoms with E-state index < -0.39 is 0 Å². The Morgan fingerprint density at radius 3 is 2.32 bits per heavy atom. The summed E-state index contributed by atoms with van der Waals surface area (Å²) in [6.45, 7) is 3.58. The van der Waals surface area contributed by atoms with Crippen LogP contribution in [0.25, 0.3) is 0 Å². The number of hydrogen-bond acceptors (Lipinski definition) is 6. The monoisotopic (exact) mass is 553 g/mol. The molecule has 1 N–H and O–H groups in total. The van der Waals surface area contributed by atoms with E-state index in [1.54, 1.807) is 0 Å². The number of likely N-dealkylation sites (tertiary alicyclic amines) is 1. The fourth-order valence-electron chi connectivity index (χ4n) is 6.12. The molecule has 8 heteroatoms. The molecule has 3 aliphatic rings. The topological polar surface area (TPSA) is 88.2 Å². The van der Waals surface area contributed by atoms with Crippen molar-refractivity contribution in [2.24, 2.45) is 5.92 Å². The van der Waals surface area contributed by atoms with E-state index >= 15 is 0 Å². The first-order valence-corrected chi connectivity index (χ1v) is 14.4. The Labute approximate surface area is 240 Å². The number of carbonyl (C=O) groups is 3. The van der Waals surface area contributed by atoms with E-state index in [1.165, 1.54) is 16.2 Å². The maximum Gasteiger partial charge on any atom is 0.252 e. The number of anilines is 1. The van der Waals surface area contributed by atoms with Crippen molar-refractivity contribution in [1.29, 1.82) is 0 Å². The van der Waals surface area contributed by atoms with Crippen LogP contribution < -0.4 is 19.7 Å². The average molecular weight is 554 g/mol. The number of nitrogens with zero attached hydrogens (tertiary/aromatic N) is 2. The van der Waals surface area contributed by atoms with Crippen LogP contribution in [0.5, 0.6) is 11.5 Å². The van der Waals surface area contributed by atoms with E-state index in [9.17, 15) is 14.4 Å². The molecule has 6 rings (SSSR count). The number of para-hydroxylation sites is 1. The van der Waals surface area contributed by atoms with Gasteiger partial charge >= 0.3 is 0 Å². The second kappa shape index (κ2) is 12.0. The van der Waals surface area contributed by atoms with Crippen molar-refractivity contribution < 1.29 is 23.9 Å². The molecular weight excluding hydrogens is 518 g/mol. The fraction of sp³-hybridized carbons (Fsp3) is 0.364. The maximum atomic E-state index is 12.2. The number of nitrogens with one attached hydrogen (secondary N) is 1. The first-order chi connectivity index (χ1) is 20.0. The molecule has 8 nitrogen and oxygen atoms in total. The number of hydrogen-bond donors (Lipinski definition) is 1. The highest BCUT2D eigenvalue weighted by molar-refractivity contribution is 6.01. The molecule has 0 unspecified atom stereocenters. The van der Waals surface area contributed by atoms with E-state index in [2.05, 4.69) is 46.6 Å². The van der Waals surface area contributed by atoms with Crippen LogP contribution in [-0.4, -0.2) is 55.5 Å². The lowest BCUT2D eigenvalue weighted by atomic mass is 9.83. The lowest BCUT2D eigenvalue weighted by Gasteiger charge is -2.25. The lowest BCUT2D eigenvalue weighted by molar-refractivity contribution is -0.138. The molecule has 3 aromatic carbocycles. The molecule has 3 heterocycles. The summed E-state index contributed by atoms with van der Waals surface area (Å²) in [6, 6.07) is 24.5. The molecule has 0 aromatic heterocycles. The second-order valence-electron chi connectivity index (χ2n) is 10.9. The van der Waals surface area contributed by atoms with Gasteiger partial charge in [-0.25, -0.2) is 0 Å². The van der Waals surface area contributed by atoms with E-state index in [0.717, 1.165) is 43.0 Å². The summed E-state index contributed by atoms with van der Waals surface area (Å²) >= 11 is 0. The van der Waals surface area contributed by atoms with Gasteiger partial charge in [0.1, 0.15) is 18.1 Å². The molecule has 2 atom stereocenters. The van der Waals surface area contributed by atoms with Crippen molar-refractivity contribution in [3.05, 3.63) is 89.5 Å². The predicted molar refractivity (Wildman–Crippen MR) is 155 cm³/mol. The Morgan fingerprint density at radius 2 is 1.54 bits per heavy atom. The van der Waals surface area contributed by atoms with Gasteiger partial charge in [-0.3, -0.25) is 19.3 Å². The molecule has 0 aliphatic carbocycles. The predicted octanol–water partition coefficient (Wildman–Crippen LogP) is 4.54. The number of benzene rings is 3. The number of ether oxygens (including phenoxy) is 2. The Bertz CT molecular complexity index is 1390. The minimum Gasteiger partial charge on any atom is -0.493 e. The van der Waals surface area contributed by atoms with Gasteiger partial charge in [0.25, 0.3) is 5.91 Å². The standard InChI is InChI=1S/C33H35N3O5/c37-31-12-13-32(38)36(31)18-19-40-27-9-6-23(7-10-27)29-15-17-35(26-4-2-1-3-5-26)16-14-25(29)22-41-28-11-8-24-21-34-33(39)30(24)20-28/h1-11,20,25,29H,12-19,21-22H2,(H,34,39)/t25-,29-/m1/s1. The summed E-state index contributed by atoms with van der Waals surface area (Å²) in [7, 11) is 0. The van der Waals surface area contributed by atoms with E-state index in [1.807, 2.05) is 36.4 Å². The first-order valence-electron chi connectivity index (χ1n) is 14.4. The molecule has 0 radical (unpaired) electrons. The molecule has 2 saturated heterocycles. The smallest absolute Gasteiger partial charge is 0.252 e. The van der Waals surface area contributed by atoms with Gasteiger partial charge in [-0.15, -0.1) is 0 Å². The van der Waals surface area contributed by atoms with Gasteiger partial charge in [-0.2, -0.15) is 0 Å². The Kier molecular flexibility index (Phi) is 7.89. The number of amides is 3. The Balaban J connectivity index is 1.14. The molecular formula is C33H35N3O5. The summed E-state index contributed by atoms with van der Waals surface area (Å²) in [5, 5.41) is 2.87. The van der Waals surface area contributed by atoms with Gasteiger partial charge in [0.2, 0.25) is 11.8 Å². The number of imide groups is 1. The average Bonchev–Trinajstić information content (AvgIpc) is 3.44. The third-order valence-corrected chi connectivity index (χ3v) is 8.45. The number of rotatable bonds is 9. The van der Waals surface area contributed by atoms with E-state index in [4.69, 9.17) is 9.47 Å². The van der Waals surface area contributed by atoms with Crippen LogP contribution in [-0.2, 0) is 16.1 Å². The first kappa shape index (κ1) is 26.9. The molecule has 212 valence electrons. The molecule has 0 bridgehead atoms. The van der Waals surface area contributed by atoms with E-state index in [-0.39, 0.29) is 42.7 Å². The quantitative estimate of drug-likeness (QED) is 0.392. The van der Waals surface area contributed by atoms with Gasteiger partial charge in [0.05, 0.1) is 13.2 Å². The molecule has 3 aromatic rings. The minimum absolute atomic E-state index is 0.0442.